The molecule has 6 nitrogen and oxygen atoms in total. The van der Waals surface area contributed by atoms with Crippen molar-refractivity contribution in [1.29, 1.82) is 0 Å². The third-order valence-electron chi connectivity index (χ3n) is 4.34. The predicted molar refractivity (Wildman–Crippen MR) is 120 cm³/mol. The molecule has 0 amide bonds. The summed E-state index contributed by atoms with van der Waals surface area (Å²) < 4.78 is 0. The number of thioether (sulfide) groups is 1. The van der Waals surface area contributed by atoms with Gasteiger partial charge in [0.15, 0.2) is 11.0 Å². The quantitative estimate of drug-likeness (QED) is 0.355. The molecule has 0 fully saturated rings. The van der Waals surface area contributed by atoms with Crippen LogP contribution >= 0.6 is 28.7 Å². The number of anilines is 1. The number of carbonyl (C=O) groups is 1. The molecule has 0 saturated heterocycles. The Hall–Kier alpha value is -2.19. The number of rotatable bonds is 5. The molecule has 28 heavy (non-hydrogen) atoms. The Kier molecular flexibility index (Phi) is 7.77. The summed E-state index contributed by atoms with van der Waals surface area (Å²) >= 11 is 1.64. The molecule has 0 N–H and O–H groups in total. The van der Waals surface area contributed by atoms with Crippen LogP contribution in [0.25, 0.3) is 0 Å². The summed E-state index contributed by atoms with van der Waals surface area (Å²) in [6.45, 7) is 4.88. The Morgan fingerprint density at radius 1 is 1.25 bits per heavy atom. The minimum absolute atomic E-state index is 0. The van der Waals surface area contributed by atoms with Crippen LogP contribution in [0.2, 0.25) is 0 Å². The lowest BCUT2D eigenvalue weighted by Gasteiger charge is -2.28. The fourth-order valence-corrected chi connectivity index (χ4v) is 3.96. The van der Waals surface area contributed by atoms with Crippen LogP contribution in [-0.2, 0) is 0 Å². The number of halogens is 1. The number of carbonyl (C=O) groups excluding carboxylic acids is 1. The Labute approximate surface area is 179 Å². The van der Waals surface area contributed by atoms with Gasteiger partial charge in [-0.2, -0.15) is 0 Å². The summed E-state index contributed by atoms with van der Waals surface area (Å²) in [5.74, 6) is 0.790. The van der Waals surface area contributed by atoms with Gasteiger partial charge in [-0.3, -0.25) is 19.9 Å². The zero-order chi connectivity index (χ0) is 19.4. The fraction of sp³-hybridized carbons (Fsp3) is 0.300. The van der Waals surface area contributed by atoms with Crippen LogP contribution in [0.4, 0.5) is 11.4 Å². The lowest BCUT2D eigenvalue weighted by atomic mass is 10.1. The number of hydrogen-bond donors (Lipinski definition) is 0. The maximum atomic E-state index is 12.9. The third-order valence-corrected chi connectivity index (χ3v) is 5.44. The van der Waals surface area contributed by atoms with Crippen molar-refractivity contribution in [3.8, 4) is 0 Å². The Morgan fingerprint density at radius 2 is 2.04 bits per heavy atom. The van der Waals surface area contributed by atoms with Crippen molar-refractivity contribution in [2.45, 2.75) is 20.3 Å². The van der Waals surface area contributed by atoms with Crippen LogP contribution in [0.5, 0.6) is 0 Å². The van der Waals surface area contributed by atoms with E-state index in [0.717, 1.165) is 40.7 Å². The second-order valence-corrected chi connectivity index (χ2v) is 7.54. The first-order chi connectivity index (χ1) is 13.0. The van der Waals surface area contributed by atoms with Gasteiger partial charge in [0.1, 0.15) is 0 Å². The molecule has 0 spiro atoms. The van der Waals surface area contributed by atoms with E-state index in [1.807, 2.05) is 30.9 Å². The number of nitrogens with zero attached hydrogens (tertiary/aromatic N) is 3. The van der Waals surface area contributed by atoms with Crippen molar-refractivity contribution < 1.29 is 9.72 Å². The first-order valence-corrected chi connectivity index (χ1v) is 9.74. The number of aliphatic imine (C=N–C) groups is 1. The summed E-state index contributed by atoms with van der Waals surface area (Å²) in [6.07, 6.45) is 1.02. The summed E-state index contributed by atoms with van der Waals surface area (Å²) in [7, 11) is 0. The van der Waals surface area contributed by atoms with E-state index in [2.05, 4.69) is 11.1 Å². The van der Waals surface area contributed by atoms with E-state index in [0.29, 0.717) is 5.56 Å². The van der Waals surface area contributed by atoms with Crippen LogP contribution in [0, 0.1) is 24.0 Å². The number of benzene rings is 2. The smallest absolute Gasteiger partial charge is 0.270 e. The van der Waals surface area contributed by atoms with Crippen LogP contribution in [0.15, 0.2) is 47.5 Å². The van der Waals surface area contributed by atoms with Crippen molar-refractivity contribution in [1.82, 2.24) is 0 Å². The Bertz CT molecular complexity index is 917. The molecule has 0 aliphatic carbocycles. The van der Waals surface area contributed by atoms with E-state index in [4.69, 9.17) is 0 Å². The standard InChI is InChI=1S/C20H21N3O3S.BrH/c1-14-7-8-18(15(2)11-14)22(20-21-9-4-10-27-20)13-19(24)16-5-3-6-17(12-16)23(25)26;/h3,5-8,11-12H,4,9-10,13H2,1-2H3;1H. The number of amidine groups is 1. The average Bonchev–Trinajstić information content (AvgIpc) is 2.67. The molecular weight excluding hydrogens is 442 g/mol. The van der Waals surface area contributed by atoms with Gasteiger partial charge < -0.3 is 4.90 Å². The molecular formula is C20H22BrN3O3S. The minimum atomic E-state index is -0.486. The largest absolute Gasteiger partial charge is 0.313 e. The van der Waals surface area contributed by atoms with Crippen LogP contribution in [0.3, 0.4) is 0 Å². The molecule has 1 aliphatic heterocycles. The fourth-order valence-electron chi connectivity index (χ4n) is 3.00. The first kappa shape index (κ1) is 22.1. The number of non-ortho nitro benzene ring substituents is 1. The van der Waals surface area contributed by atoms with Crippen molar-refractivity contribution in [2.24, 2.45) is 4.99 Å². The molecule has 148 valence electrons. The predicted octanol–water partition coefficient (Wildman–Crippen LogP) is 4.97. The molecule has 0 saturated carbocycles. The monoisotopic (exact) mass is 463 g/mol. The number of nitro benzene ring substituents is 1. The molecule has 2 aromatic carbocycles. The number of hydrogen-bond acceptors (Lipinski definition) is 6. The third kappa shape index (κ3) is 5.20. The van der Waals surface area contributed by atoms with E-state index in [-0.39, 0.29) is 35.0 Å². The number of nitro groups is 1. The second-order valence-electron chi connectivity index (χ2n) is 6.47. The number of aryl methyl sites for hydroxylation is 2. The van der Waals surface area contributed by atoms with Crippen molar-refractivity contribution >= 4 is 51.1 Å². The van der Waals surface area contributed by atoms with Crippen LogP contribution in [0.1, 0.15) is 27.9 Å². The molecule has 8 heteroatoms. The lowest BCUT2D eigenvalue weighted by Crippen LogP contribution is -2.36. The molecule has 2 aromatic rings. The maximum absolute atomic E-state index is 12.9. The molecule has 1 heterocycles. The van der Waals surface area contributed by atoms with Gasteiger partial charge in [-0.1, -0.05) is 41.6 Å². The van der Waals surface area contributed by atoms with Gasteiger partial charge in [-0.15, -0.1) is 17.0 Å². The van der Waals surface area contributed by atoms with Crippen molar-refractivity contribution in [3.05, 3.63) is 69.3 Å². The molecule has 0 radical (unpaired) electrons. The normalized spacial score (nSPS) is 13.3. The topological polar surface area (TPSA) is 75.8 Å². The lowest BCUT2D eigenvalue weighted by molar-refractivity contribution is -0.384. The molecule has 0 bridgehead atoms. The highest BCUT2D eigenvalue weighted by Gasteiger charge is 2.22. The van der Waals surface area contributed by atoms with Gasteiger partial charge in [-0.25, -0.2) is 0 Å². The summed E-state index contributed by atoms with van der Waals surface area (Å²) in [5, 5.41) is 11.8. The van der Waals surface area contributed by atoms with Gasteiger partial charge in [0.2, 0.25) is 0 Å². The second kappa shape index (κ2) is 9.84. The molecule has 0 atom stereocenters. The average molecular weight is 464 g/mol. The Morgan fingerprint density at radius 3 is 2.68 bits per heavy atom. The molecule has 0 unspecified atom stereocenters. The highest BCUT2D eigenvalue weighted by molar-refractivity contribution is 8.93. The zero-order valence-electron chi connectivity index (χ0n) is 15.8. The van der Waals surface area contributed by atoms with E-state index >= 15 is 0 Å². The van der Waals surface area contributed by atoms with Crippen LogP contribution < -0.4 is 4.90 Å². The minimum Gasteiger partial charge on any atom is -0.313 e. The Balaban J connectivity index is 0.00000280. The number of ketones is 1. The molecule has 3 rings (SSSR count). The summed E-state index contributed by atoms with van der Waals surface area (Å²) in [4.78, 5) is 30.0. The van der Waals surface area contributed by atoms with Gasteiger partial charge >= 0.3 is 0 Å². The molecule has 0 aromatic heterocycles. The van der Waals surface area contributed by atoms with Crippen molar-refractivity contribution in [3.63, 3.8) is 0 Å². The molecule has 1 aliphatic rings. The van der Waals surface area contributed by atoms with E-state index in [1.54, 1.807) is 23.9 Å². The SMILES string of the molecule is Br.Cc1ccc(N(CC(=O)c2cccc([N+](=O)[O-])c2)C2=NCCCS2)c(C)c1. The van der Waals surface area contributed by atoms with Gasteiger partial charge in [-0.05, 0) is 31.9 Å². The maximum Gasteiger partial charge on any atom is 0.270 e. The van der Waals surface area contributed by atoms with E-state index in [1.165, 1.54) is 12.1 Å². The van der Waals surface area contributed by atoms with Crippen LogP contribution in [-0.4, -0.2) is 34.7 Å². The number of Topliss-reactive ketones (excluding diaryl/α,β-unsaturated/α-hetero) is 1. The van der Waals surface area contributed by atoms with Gasteiger partial charge in [0, 0.05) is 35.7 Å². The highest BCUT2D eigenvalue weighted by Crippen LogP contribution is 2.27. The summed E-state index contributed by atoms with van der Waals surface area (Å²) in [5.41, 5.74) is 3.41. The van der Waals surface area contributed by atoms with Gasteiger partial charge in [0.25, 0.3) is 5.69 Å². The van der Waals surface area contributed by atoms with Gasteiger partial charge in [0.05, 0.1) is 11.5 Å². The summed E-state index contributed by atoms with van der Waals surface area (Å²) in [6, 6.07) is 12.0. The van der Waals surface area contributed by atoms with E-state index < -0.39 is 4.92 Å². The first-order valence-electron chi connectivity index (χ1n) is 8.75. The van der Waals surface area contributed by atoms with Crippen molar-refractivity contribution in [2.75, 3.05) is 23.7 Å². The van der Waals surface area contributed by atoms with E-state index in [9.17, 15) is 14.9 Å². The highest BCUT2D eigenvalue weighted by atomic mass is 79.9. The zero-order valence-corrected chi connectivity index (χ0v) is 18.3.